The molecule has 1 aliphatic rings. The topological polar surface area (TPSA) is 40.9 Å². The molecule has 0 N–H and O–H groups in total. The van der Waals surface area contributed by atoms with Crippen molar-refractivity contribution in [2.75, 3.05) is 26.2 Å². The number of hydrogen-bond donors (Lipinski definition) is 0. The number of benzene rings is 1. The standard InChI is InChI=1S/C21H23FN4O/c1-16-20(23-19-8-2-3-11-26(16)19)21(27)25-10-5-9-24(12-13-25)15-17-6-4-7-18(22)14-17/h2-4,6-8,11,14H,5,9-10,12-13,15H2,1H3. The van der Waals surface area contributed by atoms with Crippen molar-refractivity contribution in [2.45, 2.75) is 19.9 Å². The number of halogens is 1. The molecule has 0 unspecified atom stereocenters. The van der Waals surface area contributed by atoms with Gasteiger partial charge in [-0.25, -0.2) is 9.37 Å². The Hall–Kier alpha value is -2.73. The summed E-state index contributed by atoms with van der Waals surface area (Å²) in [6.07, 6.45) is 2.82. The van der Waals surface area contributed by atoms with E-state index in [2.05, 4.69) is 9.88 Å². The molecule has 0 saturated carbocycles. The summed E-state index contributed by atoms with van der Waals surface area (Å²) in [6, 6.07) is 12.5. The number of imidazole rings is 1. The summed E-state index contributed by atoms with van der Waals surface area (Å²) in [6.45, 7) is 5.67. The summed E-state index contributed by atoms with van der Waals surface area (Å²) >= 11 is 0. The van der Waals surface area contributed by atoms with Gasteiger partial charge >= 0.3 is 0 Å². The van der Waals surface area contributed by atoms with E-state index in [-0.39, 0.29) is 11.7 Å². The number of rotatable bonds is 3. The molecule has 140 valence electrons. The smallest absolute Gasteiger partial charge is 0.274 e. The van der Waals surface area contributed by atoms with Crippen LogP contribution in [-0.4, -0.2) is 51.3 Å². The van der Waals surface area contributed by atoms with Gasteiger partial charge in [0.1, 0.15) is 17.2 Å². The quantitative estimate of drug-likeness (QED) is 0.715. The van der Waals surface area contributed by atoms with Crippen LogP contribution in [0.1, 0.15) is 28.2 Å². The zero-order valence-electron chi connectivity index (χ0n) is 15.4. The molecular weight excluding hydrogens is 343 g/mol. The Balaban J connectivity index is 1.45. The third-order valence-corrected chi connectivity index (χ3v) is 5.14. The third kappa shape index (κ3) is 3.71. The van der Waals surface area contributed by atoms with Crippen LogP contribution in [0.3, 0.4) is 0 Å². The van der Waals surface area contributed by atoms with E-state index in [4.69, 9.17) is 0 Å². The average Bonchev–Trinajstić information content (AvgIpc) is 2.84. The van der Waals surface area contributed by atoms with Gasteiger partial charge in [0.15, 0.2) is 0 Å². The van der Waals surface area contributed by atoms with Gasteiger partial charge in [0, 0.05) is 38.9 Å². The van der Waals surface area contributed by atoms with E-state index in [0.29, 0.717) is 25.3 Å². The van der Waals surface area contributed by atoms with Gasteiger partial charge in [0.25, 0.3) is 5.91 Å². The summed E-state index contributed by atoms with van der Waals surface area (Å²) in [4.78, 5) is 21.7. The van der Waals surface area contributed by atoms with Crippen LogP contribution in [0.4, 0.5) is 4.39 Å². The Kier molecular flexibility index (Phi) is 4.90. The number of hydrogen-bond acceptors (Lipinski definition) is 3. The van der Waals surface area contributed by atoms with Crippen LogP contribution in [0.25, 0.3) is 5.65 Å². The first-order chi connectivity index (χ1) is 13.1. The molecule has 1 amide bonds. The van der Waals surface area contributed by atoms with E-state index in [9.17, 15) is 9.18 Å². The Morgan fingerprint density at radius 2 is 2.00 bits per heavy atom. The lowest BCUT2D eigenvalue weighted by Crippen LogP contribution is -2.35. The summed E-state index contributed by atoms with van der Waals surface area (Å²) in [7, 11) is 0. The van der Waals surface area contributed by atoms with Gasteiger partial charge in [-0.1, -0.05) is 18.2 Å². The van der Waals surface area contributed by atoms with Crippen molar-refractivity contribution in [3.8, 4) is 0 Å². The molecule has 3 aromatic rings. The summed E-state index contributed by atoms with van der Waals surface area (Å²) in [5.74, 6) is -0.217. The molecule has 0 atom stereocenters. The Labute approximate surface area is 158 Å². The van der Waals surface area contributed by atoms with Gasteiger partial charge in [-0.05, 0) is 43.2 Å². The molecule has 1 aromatic carbocycles. The first-order valence-corrected chi connectivity index (χ1v) is 9.31. The van der Waals surface area contributed by atoms with E-state index in [1.165, 1.54) is 6.07 Å². The van der Waals surface area contributed by atoms with Crippen LogP contribution < -0.4 is 0 Å². The minimum absolute atomic E-state index is 0.0104. The van der Waals surface area contributed by atoms with Crippen LogP contribution >= 0.6 is 0 Å². The van der Waals surface area contributed by atoms with Crippen LogP contribution in [-0.2, 0) is 6.54 Å². The number of aryl methyl sites for hydroxylation is 1. The summed E-state index contributed by atoms with van der Waals surface area (Å²) in [5.41, 5.74) is 3.16. The van der Waals surface area contributed by atoms with E-state index >= 15 is 0 Å². The molecule has 0 bridgehead atoms. The molecule has 1 aliphatic heterocycles. The first-order valence-electron chi connectivity index (χ1n) is 9.31. The third-order valence-electron chi connectivity index (χ3n) is 5.14. The Morgan fingerprint density at radius 3 is 2.81 bits per heavy atom. The molecule has 0 aliphatic carbocycles. The molecule has 5 nitrogen and oxygen atoms in total. The maximum atomic E-state index is 13.4. The number of carbonyl (C=O) groups excluding carboxylic acids is 1. The van der Waals surface area contributed by atoms with Crippen molar-refractivity contribution < 1.29 is 9.18 Å². The van der Waals surface area contributed by atoms with Gasteiger partial charge in [-0.2, -0.15) is 0 Å². The highest BCUT2D eigenvalue weighted by Crippen LogP contribution is 2.16. The Bertz CT molecular complexity index is 968. The molecule has 4 rings (SSSR count). The molecule has 2 aromatic heterocycles. The number of nitrogens with zero attached hydrogens (tertiary/aromatic N) is 4. The molecule has 1 fully saturated rings. The van der Waals surface area contributed by atoms with Gasteiger partial charge in [0.2, 0.25) is 0 Å². The average molecular weight is 366 g/mol. The number of pyridine rings is 1. The highest BCUT2D eigenvalue weighted by molar-refractivity contribution is 5.94. The molecule has 0 spiro atoms. The molecule has 1 saturated heterocycles. The van der Waals surface area contributed by atoms with Crippen molar-refractivity contribution >= 4 is 11.6 Å². The molecular formula is C21H23FN4O. The van der Waals surface area contributed by atoms with E-state index in [1.54, 1.807) is 12.1 Å². The second kappa shape index (κ2) is 7.48. The lowest BCUT2D eigenvalue weighted by atomic mass is 10.2. The first kappa shape index (κ1) is 17.7. The predicted molar refractivity (Wildman–Crippen MR) is 102 cm³/mol. The van der Waals surface area contributed by atoms with Crippen molar-refractivity contribution in [3.05, 3.63) is 71.4 Å². The van der Waals surface area contributed by atoms with Gasteiger partial charge in [0.05, 0.1) is 5.69 Å². The van der Waals surface area contributed by atoms with Gasteiger partial charge < -0.3 is 9.30 Å². The van der Waals surface area contributed by atoms with Gasteiger partial charge in [-0.15, -0.1) is 0 Å². The SMILES string of the molecule is Cc1c(C(=O)N2CCCN(Cc3cccc(F)c3)CC2)nc2ccccn12. The highest BCUT2D eigenvalue weighted by Gasteiger charge is 2.24. The van der Waals surface area contributed by atoms with Crippen LogP contribution in [0.15, 0.2) is 48.7 Å². The zero-order chi connectivity index (χ0) is 18.8. The molecule has 3 heterocycles. The lowest BCUT2D eigenvalue weighted by molar-refractivity contribution is 0.0755. The second-order valence-electron chi connectivity index (χ2n) is 7.03. The van der Waals surface area contributed by atoms with Crippen molar-refractivity contribution in [2.24, 2.45) is 0 Å². The monoisotopic (exact) mass is 366 g/mol. The van der Waals surface area contributed by atoms with Crippen molar-refractivity contribution in [1.82, 2.24) is 19.2 Å². The fourth-order valence-corrected chi connectivity index (χ4v) is 3.70. The fourth-order valence-electron chi connectivity index (χ4n) is 3.70. The minimum atomic E-state index is -0.207. The van der Waals surface area contributed by atoms with Crippen molar-refractivity contribution in [3.63, 3.8) is 0 Å². The Morgan fingerprint density at radius 1 is 1.11 bits per heavy atom. The van der Waals surface area contributed by atoms with E-state index in [1.807, 2.05) is 46.7 Å². The van der Waals surface area contributed by atoms with Crippen LogP contribution in [0.5, 0.6) is 0 Å². The number of carbonyl (C=O) groups is 1. The zero-order valence-corrected chi connectivity index (χ0v) is 15.4. The maximum Gasteiger partial charge on any atom is 0.274 e. The van der Waals surface area contributed by atoms with Crippen LogP contribution in [0, 0.1) is 12.7 Å². The number of fused-ring (bicyclic) bond motifs is 1. The number of aromatic nitrogens is 2. The summed E-state index contributed by atoms with van der Waals surface area (Å²) < 4.78 is 15.3. The molecule has 6 heteroatoms. The lowest BCUT2D eigenvalue weighted by Gasteiger charge is -2.21. The second-order valence-corrected chi connectivity index (χ2v) is 7.03. The molecule has 0 radical (unpaired) electrons. The summed E-state index contributed by atoms with van der Waals surface area (Å²) in [5, 5.41) is 0. The van der Waals surface area contributed by atoms with Crippen molar-refractivity contribution in [1.29, 1.82) is 0 Å². The fraction of sp³-hybridized carbons (Fsp3) is 0.333. The van der Waals surface area contributed by atoms with E-state index < -0.39 is 0 Å². The normalized spacial score (nSPS) is 15.9. The van der Waals surface area contributed by atoms with Crippen LogP contribution in [0.2, 0.25) is 0 Å². The van der Waals surface area contributed by atoms with Gasteiger partial charge in [-0.3, -0.25) is 9.69 Å². The number of amides is 1. The molecule has 27 heavy (non-hydrogen) atoms. The minimum Gasteiger partial charge on any atom is -0.336 e. The largest absolute Gasteiger partial charge is 0.336 e. The maximum absolute atomic E-state index is 13.4. The van der Waals surface area contributed by atoms with E-state index in [0.717, 1.165) is 36.4 Å². The predicted octanol–water partition coefficient (Wildman–Crippen LogP) is 3.13. The highest BCUT2D eigenvalue weighted by atomic mass is 19.1.